The summed E-state index contributed by atoms with van der Waals surface area (Å²) in [7, 11) is 3.73. The van der Waals surface area contributed by atoms with Crippen LogP contribution in [0.2, 0.25) is 0 Å². The molecule has 1 aliphatic rings. The monoisotopic (exact) mass is 185 g/mol. The van der Waals surface area contributed by atoms with Crippen LogP contribution in [-0.2, 0) is 4.79 Å². The van der Waals surface area contributed by atoms with E-state index in [-0.39, 0.29) is 5.91 Å². The highest BCUT2D eigenvalue weighted by molar-refractivity contribution is 5.78. The molecule has 4 heteroatoms. The molecule has 0 atom stereocenters. The maximum atomic E-state index is 11.4. The Hall–Kier alpha value is -0.610. The summed E-state index contributed by atoms with van der Waals surface area (Å²) in [5.41, 5.74) is 0. The molecular weight excluding hydrogens is 166 g/mol. The fourth-order valence-corrected chi connectivity index (χ4v) is 1.06. The average molecular weight is 185 g/mol. The molecule has 76 valence electrons. The molecule has 0 unspecified atom stereocenters. The highest BCUT2D eigenvalue weighted by Gasteiger charge is 2.21. The average Bonchev–Trinajstić information content (AvgIpc) is 2.93. The Labute approximate surface area is 79.7 Å². The normalized spacial score (nSPS) is 15.8. The molecule has 1 rings (SSSR count). The van der Waals surface area contributed by atoms with Crippen molar-refractivity contribution in [3.63, 3.8) is 0 Å². The van der Waals surface area contributed by atoms with Crippen molar-refractivity contribution in [1.82, 2.24) is 15.5 Å². The predicted molar refractivity (Wildman–Crippen MR) is 52.6 cm³/mol. The zero-order chi connectivity index (χ0) is 9.68. The standard InChI is InChI=1S/C9H19N3O/c1-10-5-6-12(2)9(13)7-11-8-3-4-8/h8,10-11H,3-7H2,1-2H3. The van der Waals surface area contributed by atoms with Crippen LogP contribution in [0.5, 0.6) is 0 Å². The van der Waals surface area contributed by atoms with Crippen LogP contribution in [0.25, 0.3) is 0 Å². The van der Waals surface area contributed by atoms with Gasteiger partial charge in [0, 0.05) is 26.2 Å². The second-order valence-electron chi connectivity index (χ2n) is 3.57. The van der Waals surface area contributed by atoms with Crippen molar-refractivity contribution >= 4 is 5.91 Å². The number of hydrogen-bond donors (Lipinski definition) is 2. The Morgan fingerprint density at radius 2 is 2.23 bits per heavy atom. The number of nitrogens with one attached hydrogen (secondary N) is 2. The molecule has 0 aliphatic heterocycles. The first-order chi connectivity index (χ1) is 6.24. The number of carbonyl (C=O) groups is 1. The van der Waals surface area contributed by atoms with Gasteiger partial charge in [-0.3, -0.25) is 4.79 Å². The van der Waals surface area contributed by atoms with E-state index in [9.17, 15) is 4.79 Å². The second-order valence-corrected chi connectivity index (χ2v) is 3.57. The van der Waals surface area contributed by atoms with Crippen LogP contribution in [0.4, 0.5) is 0 Å². The number of amides is 1. The SMILES string of the molecule is CNCCN(C)C(=O)CNC1CC1. The fraction of sp³-hybridized carbons (Fsp3) is 0.889. The van der Waals surface area contributed by atoms with Crippen molar-refractivity contribution < 1.29 is 4.79 Å². The molecule has 0 saturated heterocycles. The molecule has 0 aromatic heterocycles. The quantitative estimate of drug-likeness (QED) is 0.582. The summed E-state index contributed by atoms with van der Waals surface area (Å²) < 4.78 is 0. The van der Waals surface area contributed by atoms with Crippen molar-refractivity contribution in [3.05, 3.63) is 0 Å². The molecule has 0 bridgehead atoms. The summed E-state index contributed by atoms with van der Waals surface area (Å²) in [5.74, 6) is 0.183. The molecule has 4 nitrogen and oxygen atoms in total. The van der Waals surface area contributed by atoms with Crippen molar-refractivity contribution in [1.29, 1.82) is 0 Å². The zero-order valence-electron chi connectivity index (χ0n) is 8.47. The largest absolute Gasteiger partial charge is 0.343 e. The van der Waals surface area contributed by atoms with Crippen molar-refractivity contribution in [3.8, 4) is 0 Å². The zero-order valence-corrected chi connectivity index (χ0v) is 8.47. The summed E-state index contributed by atoms with van der Waals surface area (Å²) in [6.07, 6.45) is 2.46. The third kappa shape index (κ3) is 4.24. The van der Waals surface area contributed by atoms with Gasteiger partial charge >= 0.3 is 0 Å². The highest BCUT2D eigenvalue weighted by Crippen LogP contribution is 2.17. The van der Waals surface area contributed by atoms with Crippen LogP contribution in [0.1, 0.15) is 12.8 Å². The molecule has 0 heterocycles. The molecule has 1 amide bonds. The minimum Gasteiger partial charge on any atom is -0.343 e. The third-order valence-corrected chi connectivity index (χ3v) is 2.24. The molecule has 0 radical (unpaired) electrons. The number of nitrogens with zero attached hydrogens (tertiary/aromatic N) is 1. The van der Waals surface area contributed by atoms with Gasteiger partial charge in [0.25, 0.3) is 0 Å². The van der Waals surface area contributed by atoms with E-state index in [0.29, 0.717) is 12.6 Å². The van der Waals surface area contributed by atoms with E-state index >= 15 is 0 Å². The van der Waals surface area contributed by atoms with Gasteiger partial charge in [-0.1, -0.05) is 0 Å². The Bertz CT molecular complexity index is 168. The van der Waals surface area contributed by atoms with Gasteiger partial charge in [-0.2, -0.15) is 0 Å². The van der Waals surface area contributed by atoms with Gasteiger partial charge in [0.15, 0.2) is 0 Å². The molecule has 1 aliphatic carbocycles. The van der Waals surface area contributed by atoms with Gasteiger partial charge in [0.2, 0.25) is 5.91 Å². The smallest absolute Gasteiger partial charge is 0.236 e. The number of hydrogen-bond acceptors (Lipinski definition) is 3. The van der Waals surface area contributed by atoms with Gasteiger partial charge in [0.1, 0.15) is 0 Å². The Morgan fingerprint density at radius 3 is 2.77 bits per heavy atom. The van der Waals surface area contributed by atoms with E-state index in [1.165, 1.54) is 12.8 Å². The summed E-state index contributed by atoms with van der Waals surface area (Å²) in [6, 6.07) is 0.613. The van der Waals surface area contributed by atoms with E-state index in [1.807, 2.05) is 14.1 Å². The number of rotatable bonds is 6. The molecule has 1 fully saturated rings. The lowest BCUT2D eigenvalue weighted by atomic mass is 10.4. The summed E-state index contributed by atoms with van der Waals surface area (Å²) in [4.78, 5) is 13.2. The first-order valence-electron chi connectivity index (χ1n) is 4.86. The molecule has 0 aromatic rings. The maximum absolute atomic E-state index is 11.4. The van der Waals surface area contributed by atoms with Crippen LogP contribution in [0.3, 0.4) is 0 Å². The Morgan fingerprint density at radius 1 is 1.54 bits per heavy atom. The fourth-order valence-electron chi connectivity index (χ4n) is 1.06. The maximum Gasteiger partial charge on any atom is 0.236 e. The van der Waals surface area contributed by atoms with Crippen molar-refractivity contribution in [2.24, 2.45) is 0 Å². The van der Waals surface area contributed by atoms with E-state index in [1.54, 1.807) is 4.90 Å². The lowest BCUT2D eigenvalue weighted by molar-refractivity contribution is -0.128. The Kier molecular flexibility index (Phi) is 4.18. The molecular formula is C9H19N3O. The van der Waals surface area contributed by atoms with Gasteiger partial charge in [-0.25, -0.2) is 0 Å². The van der Waals surface area contributed by atoms with Crippen LogP contribution in [-0.4, -0.2) is 50.6 Å². The topological polar surface area (TPSA) is 44.4 Å². The molecule has 0 spiro atoms. The second kappa shape index (κ2) is 5.19. The molecule has 0 aromatic carbocycles. The summed E-state index contributed by atoms with van der Waals surface area (Å²) in [6.45, 7) is 2.12. The minimum atomic E-state index is 0.183. The van der Waals surface area contributed by atoms with E-state index in [0.717, 1.165) is 13.1 Å². The summed E-state index contributed by atoms with van der Waals surface area (Å²) >= 11 is 0. The number of carbonyl (C=O) groups excluding carboxylic acids is 1. The van der Waals surface area contributed by atoms with Gasteiger partial charge in [0.05, 0.1) is 6.54 Å². The van der Waals surface area contributed by atoms with Crippen molar-refractivity contribution in [2.45, 2.75) is 18.9 Å². The summed E-state index contributed by atoms with van der Waals surface area (Å²) in [5, 5.41) is 6.22. The van der Waals surface area contributed by atoms with Gasteiger partial charge < -0.3 is 15.5 Å². The van der Waals surface area contributed by atoms with Gasteiger partial charge in [-0.15, -0.1) is 0 Å². The van der Waals surface area contributed by atoms with E-state index in [2.05, 4.69) is 10.6 Å². The number of likely N-dealkylation sites (N-methyl/N-ethyl adjacent to an activating group) is 2. The third-order valence-electron chi connectivity index (χ3n) is 2.24. The first kappa shape index (κ1) is 10.5. The van der Waals surface area contributed by atoms with Crippen LogP contribution >= 0.6 is 0 Å². The highest BCUT2D eigenvalue weighted by atomic mass is 16.2. The van der Waals surface area contributed by atoms with E-state index < -0.39 is 0 Å². The molecule has 13 heavy (non-hydrogen) atoms. The predicted octanol–water partition coefficient (Wildman–Crippen LogP) is -0.584. The lowest BCUT2D eigenvalue weighted by Gasteiger charge is -2.16. The van der Waals surface area contributed by atoms with Crippen molar-refractivity contribution in [2.75, 3.05) is 33.7 Å². The minimum absolute atomic E-state index is 0.183. The van der Waals surface area contributed by atoms with Gasteiger partial charge in [-0.05, 0) is 19.9 Å². The van der Waals surface area contributed by atoms with Crippen LogP contribution < -0.4 is 10.6 Å². The van der Waals surface area contributed by atoms with Crippen LogP contribution in [0, 0.1) is 0 Å². The van der Waals surface area contributed by atoms with Crippen LogP contribution in [0.15, 0.2) is 0 Å². The first-order valence-corrected chi connectivity index (χ1v) is 4.86. The Balaban J connectivity index is 2.05. The molecule has 1 saturated carbocycles. The molecule has 2 N–H and O–H groups in total. The van der Waals surface area contributed by atoms with E-state index in [4.69, 9.17) is 0 Å². The lowest BCUT2D eigenvalue weighted by Crippen LogP contribution is -2.39.